The number of aromatic nitrogens is 10. The fraction of sp³-hybridized carbons (Fsp3) is 0.457. The van der Waals surface area contributed by atoms with Crippen molar-refractivity contribution in [2.75, 3.05) is 27.4 Å². The van der Waals surface area contributed by atoms with Crippen LogP contribution in [0.25, 0.3) is 0 Å². The number of aliphatic hydroxyl groups excluding tert-OH is 4. The van der Waals surface area contributed by atoms with Crippen LogP contribution in [0.3, 0.4) is 0 Å². The molecule has 0 aromatic carbocycles. The number of aryl methyl sites for hydroxylation is 5. The standard InChI is InChI=1S/C18H21N5O3.C17H20N6O3.C13H15BrN2O3.C9H14N4O2.C7H7BrN2O2.C6H10O2.ClH/c1-10-7-13(21-14-8-11(2)19-9-20-14)17(26)23-15(10)16(25)22-18(23)5-3-12(24)4-6-18;1-9-6-11(21-13-7-12(18)19-8-20-13)16(26)23-14(9)15(25)22-17(23)4-2-10(24)3-5-17;1-7-6-9(14)12(19)16-10(7)11(18)15-13(16)4-2-8(17)3-5-13;1-9(2,3)15-8(14)13-7-4-6(10)11-5-12-7;1-3-2-4(8)7(12)10-5(3)6(9)11;7-5-1-2-6(8)4-3-5;/h7-9,12,24H,3-6H2,1-2H3,(H,22,25)(H,19,20,21);6-8,10,24H,2-5H2,1H3,(H,22,25)(H3,18,19,20,21);6,8,17H,2-5H2,1H3,(H,15,18);4-5H,1-3H3,(H3,10,11,12,13,14);2H,1H3,(H2,9,11)(H,10,12);5,7H,1-4H2;1H. The first-order valence-corrected chi connectivity index (χ1v) is 35.9. The van der Waals surface area contributed by atoms with Crippen LogP contribution in [0.5, 0.6) is 0 Å². The van der Waals surface area contributed by atoms with Gasteiger partial charge in [-0.05, 0) is 224 Å². The number of hydrogen-bond acceptors (Lipinski definition) is 25. The van der Waals surface area contributed by atoms with Crippen LogP contribution >= 0.6 is 44.3 Å². The maximum atomic E-state index is 13.2. The molecule has 34 nitrogen and oxygen atoms in total. The summed E-state index contributed by atoms with van der Waals surface area (Å²) in [7, 11) is 0. The molecule has 7 aromatic rings. The van der Waals surface area contributed by atoms with E-state index in [4.69, 9.17) is 27.0 Å². The summed E-state index contributed by atoms with van der Waals surface area (Å²) in [6.07, 6.45) is 11.3. The maximum absolute atomic E-state index is 13.2. The third-order valence-electron chi connectivity index (χ3n) is 18.7. The molecule has 14 rings (SSSR count). The van der Waals surface area contributed by atoms with Crippen molar-refractivity contribution >= 4 is 120 Å². The Kier molecular flexibility index (Phi) is 26.6. The summed E-state index contributed by atoms with van der Waals surface area (Å²) >= 11 is 6.29. The van der Waals surface area contributed by atoms with E-state index in [1.807, 2.05) is 20.8 Å². The molecule has 5 amide bonds. The van der Waals surface area contributed by atoms with Crippen LogP contribution in [-0.4, -0.2) is 135 Å². The van der Waals surface area contributed by atoms with Gasteiger partial charge in [-0.15, -0.1) is 12.4 Å². The van der Waals surface area contributed by atoms with Crippen LogP contribution in [0.4, 0.5) is 45.3 Å². The van der Waals surface area contributed by atoms with Gasteiger partial charge in [-0.3, -0.25) is 62.2 Å². The van der Waals surface area contributed by atoms with Crippen LogP contribution in [0, 0.1) is 34.6 Å². The third kappa shape index (κ3) is 19.7. The van der Waals surface area contributed by atoms with Crippen LogP contribution in [0.15, 0.2) is 89.6 Å². The summed E-state index contributed by atoms with van der Waals surface area (Å²) in [5.74, 6) is 0.808. The van der Waals surface area contributed by atoms with Gasteiger partial charge in [0.1, 0.15) is 111 Å². The fourth-order valence-corrected chi connectivity index (χ4v) is 14.5. The average molecular weight is 1630 g/mol. The average Bonchev–Trinajstić information content (AvgIpc) is 1.60. The van der Waals surface area contributed by atoms with E-state index in [1.165, 1.54) is 31.1 Å². The number of pyridine rings is 4. The van der Waals surface area contributed by atoms with Gasteiger partial charge in [-0.1, -0.05) is 0 Å². The second kappa shape index (κ2) is 34.4. The van der Waals surface area contributed by atoms with Gasteiger partial charge in [-0.2, -0.15) is 0 Å². The zero-order valence-corrected chi connectivity index (χ0v) is 64.1. The number of Topliss-reactive ketones (excluding diaryl/α,β-unsaturated/α-hetero) is 1. The highest BCUT2D eigenvalue weighted by Crippen LogP contribution is 2.41. The number of fused-ring (bicyclic) bond motifs is 6. The van der Waals surface area contributed by atoms with Crippen molar-refractivity contribution in [2.24, 2.45) is 5.73 Å². The van der Waals surface area contributed by atoms with E-state index in [1.54, 1.807) is 78.7 Å². The van der Waals surface area contributed by atoms with Crippen molar-refractivity contribution < 1.29 is 53.9 Å². The minimum atomic E-state index is -0.782. The highest BCUT2D eigenvalue weighted by molar-refractivity contribution is 9.10. The summed E-state index contributed by atoms with van der Waals surface area (Å²) in [6, 6.07) is 11.3. The molecule has 0 saturated heterocycles. The molecule has 37 heteroatoms. The first-order chi connectivity index (χ1) is 49.9. The molecule has 0 unspecified atom stereocenters. The first kappa shape index (κ1) is 82.8. The number of H-pyrrole nitrogens is 1. The normalized spacial score (nSPS) is 21.5. The van der Waals surface area contributed by atoms with E-state index < -0.39 is 40.7 Å². The number of nitrogens with one attached hydrogen (secondary N) is 7. The van der Waals surface area contributed by atoms with Gasteiger partial charge in [0.15, 0.2) is 0 Å². The maximum Gasteiger partial charge on any atom is 0.413 e. The Morgan fingerprint density at radius 2 is 0.879 bits per heavy atom. The van der Waals surface area contributed by atoms with Crippen molar-refractivity contribution in [1.82, 2.24) is 64.5 Å². The van der Waals surface area contributed by atoms with E-state index >= 15 is 0 Å². The fourth-order valence-electron chi connectivity index (χ4n) is 13.6. The molecule has 0 bridgehead atoms. The molecule has 107 heavy (non-hydrogen) atoms. The van der Waals surface area contributed by atoms with E-state index in [0.29, 0.717) is 174 Å². The van der Waals surface area contributed by atoms with Gasteiger partial charge in [-0.25, -0.2) is 34.7 Å². The Hall–Kier alpha value is -9.85. The van der Waals surface area contributed by atoms with Crippen LogP contribution in [0.2, 0.25) is 0 Å². The van der Waals surface area contributed by atoms with Gasteiger partial charge in [0.25, 0.3) is 45.9 Å². The number of primary amides is 1. The predicted octanol–water partition coefficient (Wildman–Crippen LogP) is 6.05. The second-order valence-electron chi connectivity index (χ2n) is 28.0. The van der Waals surface area contributed by atoms with Crippen molar-refractivity contribution in [1.29, 1.82) is 0 Å². The summed E-state index contributed by atoms with van der Waals surface area (Å²) in [4.78, 5) is 145. The van der Waals surface area contributed by atoms with Crippen molar-refractivity contribution in [2.45, 2.75) is 205 Å². The molecule has 4 saturated carbocycles. The molecular formula is C70H88Br2ClN19O15. The summed E-state index contributed by atoms with van der Waals surface area (Å²) in [6.45, 7) is 14.3. The highest BCUT2D eigenvalue weighted by Gasteiger charge is 2.49. The number of aliphatic hydroxyl groups is 4. The topological polar surface area (TPSA) is 519 Å². The molecular weight excluding hydrogens is 1540 g/mol. The lowest BCUT2D eigenvalue weighted by Gasteiger charge is -2.37. The van der Waals surface area contributed by atoms with Gasteiger partial charge < -0.3 is 73.9 Å². The number of aromatic amines is 1. The van der Waals surface area contributed by atoms with E-state index in [9.17, 15) is 63.3 Å². The van der Waals surface area contributed by atoms with E-state index in [2.05, 4.69) is 98.6 Å². The van der Waals surface area contributed by atoms with Crippen LogP contribution < -0.4 is 71.3 Å². The Balaban J connectivity index is 0.000000168. The molecule has 17 N–H and O–H groups in total. The number of ketones is 1. The molecule has 0 radical (unpaired) electrons. The SMILES string of the molecule is CC(C)(C)OC(=O)Nc1cc(N)ncn1.Cc1cc(Br)c(=O)[nH]c1C(N)=O.Cc1cc(Br)c(=O)n2c1C(=O)NC21CCC(O)CC1.Cc1cc(Nc2cc(C)c3n(c2=O)C2(CCC(O)CC2)NC3=O)ncn1.Cc1cc(Nc2cc(N)ncn2)c(=O)n2c1C(=O)NC21CCC(O)CC1.Cl.O=C1CCC(O)CC1. The largest absolute Gasteiger partial charge is 0.444 e. The predicted molar refractivity (Wildman–Crippen MR) is 405 cm³/mol. The summed E-state index contributed by atoms with van der Waals surface area (Å²) in [5, 5.41) is 55.6. The first-order valence-electron chi connectivity index (χ1n) is 34.3. The van der Waals surface area contributed by atoms with Crippen molar-refractivity contribution in [3.8, 4) is 0 Å². The Morgan fingerprint density at radius 1 is 0.514 bits per heavy atom. The second-order valence-corrected chi connectivity index (χ2v) is 29.7. The number of halogens is 3. The molecule has 10 heterocycles. The Morgan fingerprint density at radius 3 is 1.27 bits per heavy atom. The summed E-state index contributed by atoms with van der Waals surface area (Å²) < 4.78 is 10.6. The molecule has 3 spiro atoms. The number of nitrogens with two attached hydrogens (primary N) is 3. The zero-order valence-electron chi connectivity index (χ0n) is 60.1. The Labute approximate surface area is 636 Å². The quantitative estimate of drug-likeness (QED) is 0.0901. The number of nitrogen functional groups attached to an aromatic ring is 2. The number of carbonyl (C=O) groups excluding carboxylic acids is 6. The molecule has 4 fully saturated rings. The molecule has 7 aliphatic rings. The lowest BCUT2D eigenvalue weighted by molar-refractivity contribution is -0.122. The number of rotatable bonds is 6. The third-order valence-corrected chi connectivity index (χ3v) is 19.9. The number of amides is 5. The van der Waals surface area contributed by atoms with Crippen LogP contribution in [-0.2, 0) is 26.5 Å². The zero-order chi connectivity index (χ0) is 77.5. The van der Waals surface area contributed by atoms with Gasteiger partial charge in [0.05, 0.1) is 33.4 Å². The lowest BCUT2D eigenvalue weighted by Crippen LogP contribution is -2.50. The molecule has 7 aromatic heterocycles. The minimum Gasteiger partial charge on any atom is -0.444 e. The smallest absolute Gasteiger partial charge is 0.413 e. The van der Waals surface area contributed by atoms with Gasteiger partial charge in [0, 0.05) is 36.7 Å². The minimum absolute atomic E-state index is 0. The number of anilines is 7. The number of ether oxygens (including phenoxy) is 1. The molecule has 574 valence electrons. The highest BCUT2D eigenvalue weighted by atomic mass is 79.9. The Bertz CT molecular complexity index is 4620. The van der Waals surface area contributed by atoms with E-state index in [-0.39, 0.29) is 88.0 Å². The lowest BCUT2D eigenvalue weighted by atomic mass is 9.87. The van der Waals surface area contributed by atoms with Gasteiger partial charge in [0.2, 0.25) is 0 Å². The van der Waals surface area contributed by atoms with Crippen molar-refractivity contribution in [3.05, 3.63) is 163 Å². The number of nitrogens with zero attached hydrogens (tertiary/aromatic N) is 9. The number of carbonyl (C=O) groups is 6. The monoisotopic (exact) mass is 1630 g/mol. The summed E-state index contributed by atoms with van der Waals surface area (Å²) in [5.41, 5.74) is 17.9. The van der Waals surface area contributed by atoms with E-state index in [0.717, 1.165) is 16.8 Å². The molecule has 0 atom stereocenters. The number of hydrogen-bond donors (Lipinski definition) is 14. The van der Waals surface area contributed by atoms with Crippen molar-refractivity contribution in [3.63, 3.8) is 0 Å². The molecule has 3 aliphatic heterocycles. The van der Waals surface area contributed by atoms with Gasteiger partial charge >= 0.3 is 6.09 Å². The van der Waals surface area contributed by atoms with Crippen LogP contribution in [0.1, 0.15) is 193 Å². The molecule has 4 aliphatic carbocycles.